The zero-order chi connectivity index (χ0) is 22.9. The summed E-state index contributed by atoms with van der Waals surface area (Å²) in [6.07, 6.45) is 3.87. The van der Waals surface area contributed by atoms with Gasteiger partial charge < -0.3 is 19.2 Å². The molecule has 170 valence electrons. The van der Waals surface area contributed by atoms with Gasteiger partial charge >= 0.3 is 6.09 Å². The van der Waals surface area contributed by atoms with Crippen LogP contribution in [0.5, 0.6) is 0 Å². The molecule has 1 fully saturated rings. The first-order chi connectivity index (χ1) is 13.6. The molecule has 1 saturated heterocycles. The van der Waals surface area contributed by atoms with Crippen LogP contribution in [0.2, 0.25) is 18.1 Å². The molecule has 0 radical (unpaired) electrons. The summed E-state index contributed by atoms with van der Waals surface area (Å²) in [7, 11) is -1.94. The molecular weight excluding hydrogens is 400 g/mol. The van der Waals surface area contributed by atoms with Crippen molar-refractivity contribution >= 4 is 26.2 Å². The van der Waals surface area contributed by atoms with Crippen LogP contribution in [0.15, 0.2) is 17.1 Å². The van der Waals surface area contributed by atoms with E-state index in [1.165, 1.54) is 0 Å². The van der Waals surface area contributed by atoms with Crippen molar-refractivity contribution in [3.05, 3.63) is 12.2 Å². The zero-order valence-electron chi connectivity index (χ0n) is 19.9. The highest BCUT2D eigenvalue weighted by atomic mass is 28.4. The summed E-state index contributed by atoms with van der Waals surface area (Å²) < 4.78 is 18.0. The number of rotatable bonds is 4. The van der Waals surface area contributed by atoms with E-state index in [1.54, 1.807) is 32.9 Å². The molecule has 2 unspecified atom stereocenters. The van der Waals surface area contributed by atoms with Crippen LogP contribution in [0.4, 0.5) is 4.79 Å². The molecule has 2 aliphatic rings. The summed E-state index contributed by atoms with van der Waals surface area (Å²) in [6, 6.07) is 0. The summed E-state index contributed by atoms with van der Waals surface area (Å²) >= 11 is 0. The molecule has 8 heteroatoms. The summed E-state index contributed by atoms with van der Waals surface area (Å²) in [5, 5.41) is 2.80. The topological polar surface area (TPSA) is 86.2 Å². The third kappa shape index (κ3) is 6.25. The van der Waals surface area contributed by atoms with Gasteiger partial charge in [-0.3, -0.25) is 4.79 Å². The van der Waals surface area contributed by atoms with Gasteiger partial charge in [0.15, 0.2) is 8.32 Å². The predicted molar refractivity (Wildman–Crippen MR) is 120 cm³/mol. The van der Waals surface area contributed by atoms with E-state index in [4.69, 9.17) is 13.9 Å². The molecule has 0 aromatic carbocycles. The number of hydrogen-bond donors (Lipinski definition) is 1. The Morgan fingerprint density at radius 3 is 2.40 bits per heavy atom. The normalized spacial score (nSPS) is 29.2. The molecule has 0 aliphatic carbocycles. The lowest BCUT2D eigenvalue weighted by Crippen LogP contribution is -2.46. The van der Waals surface area contributed by atoms with Crippen LogP contribution in [-0.4, -0.2) is 50.1 Å². The van der Waals surface area contributed by atoms with Crippen LogP contribution < -0.4 is 5.32 Å². The third-order valence-electron chi connectivity index (χ3n) is 5.90. The van der Waals surface area contributed by atoms with E-state index in [0.29, 0.717) is 6.42 Å². The molecule has 1 N–H and O–H groups in total. The molecule has 0 aromatic rings. The van der Waals surface area contributed by atoms with Crippen LogP contribution in [-0.2, 0) is 18.7 Å². The minimum atomic E-state index is -1.94. The molecule has 0 saturated carbocycles. The molecule has 30 heavy (non-hydrogen) atoms. The number of aliphatic imine (C=N–C) groups is 1. The zero-order valence-corrected chi connectivity index (χ0v) is 20.9. The largest absolute Gasteiger partial charge is 0.442 e. The lowest BCUT2D eigenvalue weighted by atomic mass is 9.95. The molecule has 0 aromatic heterocycles. The minimum Gasteiger partial charge on any atom is -0.442 e. The second-order valence-electron chi connectivity index (χ2n) is 10.6. The molecular formula is C22H38N2O5Si. The Kier molecular flexibility index (Phi) is 7.36. The molecule has 2 aliphatic heterocycles. The van der Waals surface area contributed by atoms with E-state index in [-0.39, 0.29) is 35.1 Å². The van der Waals surface area contributed by atoms with E-state index in [0.717, 1.165) is 6.42 Å². The van der Waals surface area contributed by atoms with Gasteiger partial charge in [-0.25, -0.2) is 4.79 Å². The number of carbonyl (C=O) groups excluding carboxylic acids is 2. The van der Waals surface area contributed by atoms with Crippen molar-refractivity contribution < 1.29 is 23.5 Å². The Bertz CT molecular complexity index is 718. The highest BCUT2D eigenvalue weighted by Crippen LogP contribution is 2.41. The second-order valence-corrected chi connectivity index (χ2v) is 15.4. The van der Waals surface area contributed by atoms with Crippen LogP contribution in [0, 0.1) is 5.92 Å². The maximum atomic E-state index is 12.7. The average Bonchev–Trinajstić information content (AvgIpc) is 2.93. The summed E-state index contributed by atoms with van der Waals surface area (Å²) in [5.41, 5.74) is -0.641. The van der Waals surface area contributed by atoms with Gasteiger partial charge in [0.2, 0.25) is 5.91 Å². The van der Waals surface area contributed by atoms with Crippen molar-refractivity contribution in [3.8, 4) is 0 Å². The number of amidine groups is 1. The summed E-state index contributed by atoms with van der Waals surface area (Å²) in [6.45, 7) is 18.5. The number of nitrogens with zero attached hydrogens (tertiary/aromatic N) is 1. The van der Waals surface area contributed by atoms with Gasteiger partial charge in [-0.1, -0.05) is 33.8 Å². The Balaban J connectivity index is 2.08. The van der Waals surface area contributed by atoms with Gasteiger partial charge in [-0.15, -0.1) is 0 Å². The minimum absolute atomic E-state index is 0.0149. The van der Waals surface area contributed by atoms with Crippen LogP contribution in [0.3, 0.4) is 0 Å². The molecule has 2 amide bonds. The van der Waals surface area contributed by atoms with E-state index < -0.39 is 25.9 Å². The van der Waals surface area contributed by atoms with Crippen molar-refractivity contribution in [2.24, 2.45) is 10.9 Å². The highest BCUT2D eigenvalue weighted by Gasteiger charge is 2.46. The Hall–Kier alpha value is -1.51. The fraction of sp³-hybridized carbons (Fsp3) is 0.773. The van der Waals surface area contributed by atoms with Crippen molar-refractivity contribution in [2.45, 2.75) is 103 Å². The van der Waals surface area contributed by atoms with Crippen LogP contribution >= 0.6 is 0 Å². The highest BCUT2D eigenvalue weighted by molar-refractivity contribution is 6.74. The van der Waals surface area contributed by atoms with Crippen molar-refractivity contribution in [3.63, 3.8) is 0 Å². The molecule has 4 atom stereocenters. The molecule has 0 bridgehead atoms. The standard InChI is InChI=1S/C22H38N2O5Si/c1-10-15-17(29-30(8,9)22(5,6)7)13-16(27-15)14-11-12-18(23-19(14)25)24-20(26)28-21(2,3)4/h11-12,14-17H,10,13H2,1-9H3,(H,23,24,25,26)/t14?,15-,16+,17?/m1/s1. The first-order valence-corrected chi connectivity index (χ1v) is 13.7. The van der Waals surface area contributed by atoms with E-state index in [9.17, 15) is 9.59 Å². The quantitative estimate of drug-likeness (QED) is 0.649. The fourth-order valence-electron chi connectivity index (χ4n) is 3.29. The Labute approximate surface area is 181 Å². The lowest BCUT2D eigenvalue weighted by molar-refractivity contribution is -0.126. The van der Waals surface area contributed by atoms with Gasteiger partial charge in [0.05, 0.1) is 24.2 Å². The van der Waals surface area contributed by atoms with Crippen LogP contribution in [0.25, 0.3) is 0 Å². The van der Waals surface area contributed by atoms with Crippen molar-refractivity contribution in [2.75, 3.05) is 0 Å². The van der Waals surface area contributed by atoms with Crippen molar-refractivity contribution in [1.82, 2.24) is 5.32 Å². The molecule has 2 rings (SSSR count). The van der Waals surface area contributed by atoms with Gasteiger partial charge in [-0.2, -0.15) is 4.99 Å². The van der Waals surface area contributed by atoms with E-state index in [1.807, 2.05) is 0 Å². The van der Waals surface area contributed by atoms with Crippen molar-refractivity contribution in [1.29, 1.82) is 0 Å². The maximum absolute atomic E-state index is 12.7. The molecule has 2 heterocycles. The SMILES string of the molecule is CC[C@H]1O[C@H](C2C=C/C(=N\C(=O)OC(C)(C)C)NC2=O)CC1O[Si](C)(C)C(C)(C)C. The lowest BCUT2D eigenvalue weighted by Gasteiger charge is -2.39. The van der Waals surface area contributed by atoms with Gasteiger partial charge in [0.1, 0.15) is 11.4 Å². The van der Waals surface area contributed by atoms with Gasteiger partial charge in [0.25, 0.3) is 0 Å². The molecule has 0 spiro atoms. The van der Waals surface area contributed by atoms with Gasteiger partial charge in [-0.05, 0) is 51.4 Å². The average molecular weight is 439 g/mol. The maximum Gasteiger partial charge on any atom is 0.436 e. The summed E-state index contributed by atoms with van der Waals surface area (Å²) in [5.74, 6) is -0.484. The van der Waals surface area contributed by atoms with E-state index in [2.05, 4.69) is 51.1 Å². The predicted octanol–water partition coefficient (Wildman–Crippen LogP) is 4.58. The van der Waals surface area contributed by atoms with Gasteiger partial charge in [0, 0.05) is 6.42 Å². The molecule has 7 nitrogen and oxygen atoms in total. The van der Waals surface area contributed by atoms with E-state index >= 15 is 0 Å². The summed E-state index contributed by atoms with van der Waals surface area (Å²) in [4.78, 5) is 28.4. The first kappa shape index (κ1) is 24.8. The first-order valence-electron chi connectivity index (χ1n) is 10.8. The number of nitrogens with one attached hydrogen (secondary N) is 1. The number of ether oxygens (including phenoxy) is 2. The Morgan fingerprint density at radius 1 is 1.27 bits per heavy atom. The Morgan fingerprint density at radius 2 is 1.90 bits per heavy atom. The monoisotopic (exact) mass is 438 g/mol. The smallest absolute Gasteiger partial charge is 0.436 e. The fourth-order valence-corrected chi connectivity index (χ4v) is 4.65. The number of amides is 2. The third-order valence-corrected chi connectivity index (χ3v) is 10.4. The number of carbonyl (C=O) groups is 2. The van der Waals surface area contributed by atoms with Crippen LogP contribution in [0.1, 0.15) is 61.3 Å². The second kappa shape index (κ2) is 8.92. The number of hydrogen-bond acceptors (Lipinski definition) is 5.